The van der Waals surface area contributed by atoms with Crippen LogP contribution in [0.1, 0.15) is 31.9 Å². The number of rotatable bonds is 6. The van der Waals surface area contributed by atoms with Crippen LogP contribution in [0, 0.1) is 5.92 Å². The van der Waals surface area contributed by atoms with E-state index in [1.165, 1.54) is 0 Å². The number of pyridine rings is 1. The van der Waals surface area contributed by atoms with Gasteiger partial charge in [-0.1, -0.05) is 13.0 Å². The van der Waals surface area contributed by atoms with Crippen LogP contribution in [0.15, 0.2) is 24.4 Å². The SMILES string of the molecule is CCC(=O)C(=O)NCC1CCCN(Cc2ccccn2)C1. The van der Waals surface area contributed by atoms with Crippen molar-refractivity contribution in [2.75, 3.05) is 19.6 Å². The van der Waals surface area contributed by atoms with Gasteiger partial charge in [0.15, 0.2) is 0 Å². The third kappa shape index (κ3) is 4.93. The van der Waals surface area contributed by atoms with Gasteiger partial charge in [-0.25, -0.2) is 0 Å². The number of nitrogens with one attached hydrogen (secondary N) is 1. The number of carbonyl (C=O) groups is 2. The molecule has 1 saturated heterocycles. The first-order chi connectivity index (χ1) is 10.2. The summed E-state index contributed by atoms with van der Waals surface area (Å²) in [6.45, 7) is 5.14. The van der Waals surface area contributed by atoms with Crippen molar-refractivity contribution in [3.8, 4) is 0 Å². The van der Waals surface area contributed by atoms with E-state index in [0.717, 1.165) is 38.2 Å². The summed E-state index contributed by atoms with van der Waals surface area (Å²) in [7, 11) is 0. The van der Waals surface area contributed by atoms with Crippen molar-refractivity contribution in [3.63, 3.8) is 0 Å². The number of Topliss-reactive ketones (excluding diaryl/α,β-unsaturated/α-hetero) is 1. The highest BCUT2D eigenvalue weighted by atomic mass is 16.2. The predicted octanol–water partition coefficient (Wildman–Crippen LogP) is 1.39. The first-order valence-electron chi connectivity index (χ1n) is 7.62. The van der Waals surface area contributed by atoms with Crippen LogP contribution in [0.2, 0.25) is 0 Å². The Kier molecular flexibility index (Phi) is 5.87. The quantitative estimate of drug-likeness (QED) is 0.804. The average Bonchev–Trinajstić information content (AvgIpc) is 2.53. The van der Waals surface area contributed by atoms with Crippen LogP contribution >= 0.6 is 0 Å². The molecule has 0 spiro atoms. The van der Waals surface area contributed by atoms with Crippen LogP contribution in [0.3, 0.4) is 0 Å². The second kappa shape index (κ2) is 7.88. The van der Waals surface area contributed by atoms with E-state index in [1.807, 2.05) is 24.4 Å². The zero-order chi connectivity index (χ0) is 15.1. The summed E-state index contributed by atoms with van der Waals surface area (Å²) in [5, 5.41) is 2.76. The normalized spacial score (nSPS) is 19.2. The highest BCUT2D eigenvalue weighted by Crippen LogP contribution is 2.17. The lowest BCUT2D eigenvalue weighted by molar-refractivity contribution is -0.137. The molecular formula is C16H23N3O2. The molecule has 114 valence electrons. The highest BCUT2D eigenvalue weighted by molar-refractivity contribution is 6.36. The number of aromatic nitrogens is 1. The summed E-state index contributed by atoms with van der Waals surface area (Å²) in [5.41, 5.74) is 1.07. The smallest absolute Gasteiger partial charge is 0.287 e. The second-order valence-electron chi connectivity index (χ2n) is 5.55. The monoisotopic (exact) mass is 289 g/mol. The largest absolute Gasteiger partial charge is 0.349 e. The minimum absolute atomic E-state index is 0.266. The van der Waals surface area contributed by atoms with Crippen molar-refractivity contribution < 1.29 is 9.59 Å². The Balaban J connectivity index is 1.78. The number of hydrogen-bond acceptors (Lipinski definition) is 4. The van der Waals surface area contributed by atoms with Crippen LogP contribution < -0.4 is 5.32 Å². The zero-order valence-electron chi connectivity index (χ0n) is 12.5. The van der Waals surface area contributed by atoms with Gasteiger partial charge in [-0.05, 0) is 37.4 Å². The molecule has 1 aromatic heterocycles. The molecule has 0 aromatic carbocycles. The predicted molar refractivity (Wildman–Crippen MR) is 80.5 cm³/mol. The molecule has 0 saturated carbocycles. The lowest BCUT2D eigenvalue weighted by Crippen LogP contribution is -2.42. The Morgan fingerprint density at radius 3 is 3.00 bits per heavy atom. The maximum Gasteiger partial charge on any atom is 0.287 e. The van der Waals surface area contributed by atoms with Gasteiger partial charge < -0.3 is 5.32 Å². The van der Waals surface area contributed by atoms with Crippen LogP contribution in [0.4, 0.5) is 0 Å². The third-order valence-electron chi connectivity index (χ3n) is 3.84. The van der Waals surface area contributed by atoms with Crippen molar-refractivity contribution in [3.05, 3.63) is 30.1 Å². The molecule has 2 heterocycles. The van der Waals surface area contributed by atoms with Gasteiger partial charge in [0.1, 0.15) is 0 Å². The van der Waals surface area contributed by atoms with E-state index in [4.69, 9.17) is 0 Å². The number of carbonyl (C=O) groups excluding carboxylic acids is 2. The Morgan fingerprint density at radius 2 is 2.29 bits per heavy atom. The summed E-state index contributed by atoms with van der Waals surface area (Å²) in [5.74, 6) is -0.369. The van der Waals surface area contributed by atoms with Gasteiger partial charge in [-0.2, -0.15) is 0 Å². The summed E-state index contributed by atoms with van der Waals surface area (Å²) in [4.78, 5) is 29.5. The fourth-order valence-corrected chi connectivity index (χ4v) is 2.68. The van der Waals surface area contributed by atoms with Gasteiger partial charge in [0, 0.05) is 32.3 Å². The molecule has 5 heteroatoms. The maximum atomic E-state index is 11.5. The van der Waals surface area contributed by atoms with E-state index in [0.29, 0.717) is 12.5 Å². The molecule has 1 aromatic rings. The molecule has 0 aliphatic carbocycles. The molecule has 1 aliphatic heterocycles. The number of nitrogens with zero attached hydrogens (tertiary/aromatic N) is 2. The fraction of sp³-hybridized carbons (Fsp3) is 0.562. The standard InChI is InChI=1S/C16H23N3O2/c1-2-15(20)16(21)18-10-13-6-5-9-19(11-13)12-14-7-3-4-8-17-14/h3-4,7-8,13H,2,5-6,9-12H2,1H3,(H,18,21). The number of amides is 1. The van der Waals surface area contributed by atoms with Gasteiger partial charge in [-0.15, -0.1) is 0 Å². The molecule has 1 aliphatic rings. The maximum absolute atomic E-state index is 11.5. The summed E-state index contributed by atoms with van der Waals surface area (Å²) in [6.07, 6.45) is 4.30. The number of piperidine rings is 1. The molecule has 1 N–H and O–H groups in total. The Hall–Kier alpha value is -1.75. The molecule has 1 fully saturated rings. The minimum Gasteiger partial charge on any atom is -0.349 e. The first-order valence-corrected chi connectivity index (χ1v) is 7.62. The van der Waals surface area contributed by atoms with E-state index >= 15 is 0 Å². The van der Waals surface area contributed by atoms with Crippen LogP contribution in [0.5, 0.6) is 0 Å². The molecule has 2 rings (SSSR count). The van der Waals surface area contributed by atoms with Crippen molar-refractivity contribution in [2.24, 2.45) is 5.92 Å². The van der Waals surface area contributed by atoms with Crippen LogP contribution in [-0.4, -0.2) is 41.2 Å². The Labute approximate surface area is 125 Å². The summed E-state index contributed by atoms with van der Waals surface area (Å²) >= 11 is 0. The van der Waals surface area contributed by atoms with Crippen molar-refractivity contribution in [2.45, 2.75) is 32.7 Å². The van der Waals surface area contributed by atoms with E-state index in [-0.39, 0.29) is 12.2 Å². The van der Waals surface area contributed by atoms with Crippen LogP contribution in [0.25, 0.3) is 0 Å². The average molecular weight is 289 g/mol. The molecule has 1 atom stereocenters. The van der Waals surface area contributed by atoms with Crippen molar-refractivity contribution in [1.82, 2.24) is 15.2 Å². The first kappa shape index (κ1) is 15.6. The van der Waals surface area contributed by atoms with E-state index < -0.39 is 5.91 Å². The zero-order valence-corrected chi connectivity index (χ0v) is 12.5. The lowest BCUT2D eigenvalue weighted by atomic mass is 9.97. The molecule has 21 heavy (non-hydrogen) atoms. The summed E-state index contributed by atoms with van der Waals surface area (Å²) in [6, 6.07) is 5.95. The topological polar surface area (TPSA) is 62.3 Å². The van der Waals surface area contributed by atoms with E-state index in [9.17, 15) is 9.59 Å². The molecular weight excluding hydrogens is 266 g/mol. The van der Waals surface area contributed by atoms with Gasteiger partial charge in [0.25, 0.3) is 5.91 Å². The Morgan fingerprint density at radius 1 is 1.43 bits per heavy atom. The molecule has 1 amide bonds. The number of likely N-dealkylation sites (tertiary alicyclic amines) is 1. The molecule has 5 nitrogen and oxygen atoms in total. The molecule has 0 radical (unpaired) electrons. The molecule has 1 unspecified atom stereocenters. The number of hydrogen-bond donors (Lipinski definition) is 1. The van der Waals surface area contributed by atoms with Gasteiger partial charge >= 0.3 is 0 Å². The lowest BCUT2D eigenvalue weighted by Gasteiger charge is -2.32. The van der Waals surface area contributed by atoms with E-state index in [2.05, 4.69) is 15.2 Å². The number of ketones is 1. The molecule has 0 bridgehead atoms. The highest BCUT2D eigenvalue weighted by Gasteiger charge is 2.21. The van der Waals surface area contributed by atoms with Gasteiger partial charge in [0.05, 0.1) is 5.69 Å². The van der Waals surface area contributed by atoms with Gasteiger partial charge in [0.2, 0.25) is 5.78 Å². The minimum atomic E-state index is -0.445. The third-order valence-corrected chi connectivity index (χ3v) is 3.84. The second-order valence-corrected chi connectivity index (χ2v) is 5.55. The van der Waals surface area contributed by atoms with Crippen molar-refractivity contribution >= 4 is 11.7 Å². The van der Waals surface area contributed by atoms with Gasteiger partial charge in [-0.3, -0.25) is 19.5 Å². The van der Waals surface area contributed by atoms with Crippen molar-refractivity contribution in [1.29, 1.82) is 0 Å². The fourth-order valence-electron chi connectivity index (χ4n) is 2.68. The van der Waals surface area contributed by atoms with E-state index in [1.54, 1.807) is 6.92 Å². The Bertz CT molecular complexity index is 476. The van der Waals surface area contributed by atoms with Crippen LogP contribution in [-0.2, 0) is 16.1 Å². The summed E-state index contributed by atoms with van der Waals surface area (Å²) < 4.78 is 0.